The number of nitrogens with zero attached hydrogens (tertiary/aromatic N) is 2. The molecule has 0 fully saturated rings. The van der Waals surface area contributed by atoms with Crippen molar-refractivity contribution in [2.75, 3.05) is 5.01 Å². The molecule has 0 saturated heterocycles. The highest BCUT2D eigenvalue weighted by atomic mass is 35.5. The van der Waals surface area contributed by atoms with Gasteiger partial charge < -0.3 is 5.73 Å². The minimum absolute atomic E-state index is 0.0988. The summed E-state index contributed by atoms with van der Waals surface area (Å²) in [5, 5.41) is 5.75. The molecule has 15 heavy (non-hydrogen) atoms. The molecule has 0 unspecified atom stereocenters. The largest absolute Gasteiger partial charge is 0.385 e. The van der Waals surface area contributed by atoms with E-state index in [-0.39, 0.29) is 18.2 Å². The fraction of sp³-hybridized carbons (Fsp3) is 0.111. The summed E-state index contributed by atoms with van der Waals surface area (Å²) in [7, 11) is 0. The molecule has 1 aliphatic rings. The predicted octanol–water partition coefficient (Wildman–Crippen LogP) is 2.00. The highest BCUT2D eigenvalue weighted by molar-refractivity contribution is 6.40. The number of hydrogen-bond acceptors (Lipinski definition) is 3. The van der Waals surface area contributed by atoms with Gasteiger partial charge in [-0.05, 0) is 12.1 Å². The lowest BCUT2D eigenvalue weighted by Gasteiger charge is -2.14. The van der Waals surface area contributed by atoms with Crippen LogP contribution in [0.4, 0.5) is 5.69 Å². The maximum atomic E-state index is 11.5. The number of hydrogen-bond donors (Lipinski definition) is 1. The summed E-state index contributed by atoms with van der Waals surface area (Å²) < 4.78 is 0. The Bertz CT molecular complexity index is 438. The number of benzene rings is 1. The molecule has 0 spiro atoms. The number of halogens is 2. The van der Waals surface area contributed by atoms with Crippen molar-refractivity contribution in [3.05, 3.63) is 28.2 Å². The van der Waals surface area contributed by atoms with Crippen LogP contribution in [0, 0.1) is 0 Å². The Labute approximate surface area is 96.3 Å². The van der Waals surface area contributed by atoms with E-state index >= 15 is 0 Å². The highest BCUT2D eigenvalue weighted by Gasteiger charge is 2.26. The van der Waals surface area contributed by atoms with Crippen molar-refractivity contribution in [1.82, 2.24) is 0 Å². The zero-order valence-electron chi connectivity index (χ0n) is 7.58. The summed E-state index contributed by atoms with van der Waals surface area (Å²) in [6.45, 7) is 0. The van der Waals surface area contributed by atoms with Crippen LogP contribution in [0.25, 0.3) is 0 Å². The second kappa shape index (κ2) is 3.72. The number of hydrazone groups is 1. The normalized spacial score (nSPS) is 15.7. The molecule has 2 N–H and O–H groups in total. The number of anilines is 1. The van der Waals surface area contributed by atoms with Crippen molar-refractivity contribution in [1.29, 1.82) is 0 Å². The monoisotopic (exact) mass is 243 g/mol. The van der Waals surface area contributed by atoms with Crippen molar-refractivity contribution in [2.45, 2.75) is 6.42 Å². The fourth-order valence-electron chi connectivity index (χ4n) is 1.32. The van der Waals surface area contributed by atoms with Crippen molar-refractivity contribution in [3.8, 4) is 0 Å². The molecule has 4 nitrogen and oxygen atoms in total. The molecule has 0 radical (unpaired) electrons. The molecule has 0 saturated carbocycles. The first-order valence-electron chi connectivity index (χ1n) is 4.19. The summed E-state index contributed by atoms with van der Waals surface area (Å²) in [6.07, 6.45) is 0.0988. The molecule has 1 amide bonds. The third-order valence-corrected chi connectivity index (χ3v) is 2.56. The van der Waals surface area contributed by atoms with E-state index in [4.69, 9.17) is 28.9 Å². The van der Waals surface area contributed by atoms with Crippen LogP contribution in [-0.4, -0.2) is 11.7 Å². The van der Waals surface area contributed by atoms with Crippen LogP contribution in [0.15, 0.2) is 23.3 Å². The van der Waals surface area contributed by atoms with E-state index in [2.05, 4.69) is 5.10 Å². The van der Waals surface area contributed by atoms with Gasteiger partial charge in [0.2, 0.25) is 0 Å². The molecule has 1 aromatic carbocycles. The molecule has 0 aliphatic carbocycles. The zero-order chi connectivity index (χ0) is 11.0. The predicted molar refractivity (Wildman–Crippen MR) is 60.2 cm³/mol. The Hall–Kier alpha value is -1.26. The number of amidine groups is 1. The summed E-state index contributed by atoms with van der Waals surface area (Å²) in [5.74, 6) is 0.0264. The first-order chi connectivity index (χ1) is 7.09. The second-order valence-corrected chi connectivity index (χ2v) is 3.86. The van der Waals surface area contributed by atoms with E-state index < -0.39 is 0 Å². The van der Waals surface area contributed by atoms with E-state index in [9.17, 15) is 4.79 Å². The van der Waals surface area contributed by atoms with E-state index in [1.807, 2.05) is 0 Å². The van der Waals surface area contributed by atoms with Crippen LogP contribution in [0.3, 0.4) is 0 Å². The third-order valence-electron chi connectivity index (χ3n) is 1.95. The number of carbonyl (C=O) groups is 1. The molecule has 0 aromatic heterocycles. The average molecular weight is 244 g/mol. The minimum Gasteiger partial charge on any atom is -0.385 e. The number of nitrogens with two attached hydrogens (primary N) is 1. The van der Waals surface area contributed by atoms with Crippen molar-refractivity contribution in [3.63, 3.8) is 0 Å². The lowest BCUT2D eigenvalue weighted by Crippen LogP contribution is -2.20. The summed E-state index contributed by atoms with van der Waals surface area (Å²) in [4.78, 5) is 11.5. The maximum Gasteiger partial charge on any atom is 0.255 e. The SMILES string of the molecule is NC1=NN(c2c(Cl)cccc2Cl)C(=O)C1. The Morgan fingerprint density at radius 3 is 2.40 bits per heavy atom. The lowest BCUT2D eigenvalue weighted by atomic mass is 10.3. The molecule has 6 heteroatoms. The fourth-order valence-corrected chi connectivity index (χ4v) is 1.87. The minimum atomic E-state index is -0.234. The van der Waals surface area contributed by atoms with Crippen LogP contribution in [-0.2, 0) is 4.79 Å². The van der Waals surface area contributed by atoms with Gasteiger partial charge in [-0.3, -0.25) is 4.79 Å². The van der Waals surface area contributed by atoms with Crippen LogP contribution in [0.2, 0.25) is 10.0 Å². The molecule has 1 heterocycles. The number of amides is 1. The van der Waals surface area contributed by atoms with Crippen molar-refractivity contribution in [2.24, 2.45) is 10.8 Å². The van der Waals surface area contributed by atoms with Crippen LogP contribution in [0.5, 0.6) is 0 Å². The van der Waals surface area contributed by atoms with Crippen LogP contribution in [0.1, 0.15) is 6.42 Å². The van der Waals surface area contributed by atoms with Crippen LogP contribution >= 0.6 is 23.2 Å². The van der Waals surface area contributed by atoms with Gasteiger partial charge in [-0.1, -0.05) is 29.3 Å². The van der Waals surface area contributed by atoms with Gasteiger partial charge >= 0.3 is 0 Å². The van der Waals surface area contributed by atoms with Crippen molar-refractivity contribution < 1.29 is 4.79 Å². The summed E-state index contributed by atoms with van der Waals surface area (Å²) >= 11 is 11.9. The summed E-state index contributed by atoms with van der Waals surface area (Å²) in [6, 6.07) is 4.97. The smallest absolute Gasteiger partial charge is 0.255 e. The molecule has 0 atom stereocenters. The van der Waals surface area contributed by atoms with Gasteiger partial charge in [0, 0.05) is 0 Å². The van der Waals surface area contributed by atoms with E-state index in [0.29, 0.717) is 15.7 Å². The molecule has 78 valence electrons. The van der Waals surface area contributed by atoms with Gasteiger partial charge in [0.05, 0.1) is 16.5 Å². The van der Waals surface area contributed by atoms with Gasteiger partial charge in [-0.15, -0.1) is 0 Å². The standard InChI is InChI=1S/C9H7Cl2N3O/c10-5-2-1-3-6(11)9(5)14-8(15)4-7(12)13-14/h1-3H,4H2,(H2,12,13). The zero-order valence-corrected chi connectivity index (χ0v) is 9.09. The van der Waals surface area contributed by atoms with E-state index in [1.165, 1.54) is 0 Å². The Morgan fingerprint density at radius 1 is 1.33 bits per heavy atom. The molecule has 0 bridgehead atoms. The molecular formula is C9H7Cl2N3O. The molecule has 2 rings (SSSR count). The number of para-hydroxylation sites is 1. The van der Waals surface area contributed by atoms with Gasteiger partial charge in [0.25, 0.3) is 5.91 Å². The highest BCUT2D eigenvalue weighted by Crippen LogP contribution is 2.35. The Balaban J connectivity index is 2.50. The quantitative estimate of drug-likeness (QED) is 0.821. The van der Waals surface area contributed by atoms with Gasteiger partial charge in [-0.2, -0.15) is 10.1 Å². The number of carbonyl (C=O) groups excluding carboxylic acids is 1. The molecule has 1 aromatic rings. The first-order valence-corrected chi connectivity index (χ1v) is 4.95. The average Bonchev–Trinajstić information content (AvgIpc) is 2.45. The Morgan fingerprint density at radius 2 is 1.93 bits per heavy atom. The number of rotatable bonds is 1. The first kappa shape index (κ1) is 10.3. The van der Waals surface area contributed by atoms with E-state index in [1.54, 1.807) is 18.2 Å². The van der Waals surface area contributed by atoms with Crippen molar-refractivity contribution >= 4 is 40.6 Å². The van der Waals surface area contributed by atoms with Crippen LogP contribution < -0.4 is 10.7 Å². The van der Waals surface area contributed by atoms with Gasteiger partial charge in [0.1, 0.15) is 11.5 Å². The molecule has 1 aliphatic heterocycles. The Kier molecular flexibility index (Phi) is 2.54. The van der Waals surface area contributed by atoms with E-state index in [0.717, 1.165) is 5.01 Å². The summed E-state index contributed by atoms with van der Waals surface area (Å²) in [5.41, 5.74) is 5.84. The maximum absolute atomic E-state index is 11.5. The second-order valence-electron chi connectivity index (χ2n) is 3.04. The lowest BCUT2D eigenvalue weighted by molar-refractivity contribution is -0.116. The molecular weight excluding hydrogens is 237 g/mol. The van der Waals surface area contributed by atoms with Gasteiger partial charge in [0.15, 0.2) is 0 Å². The topological polar surface area (TPSA) is 58.7 Å². The van der Waals surface area contributed by atoms with Gasteiger partial charge in [-0.25, -0.2) is 0 Å². The third kappa shape index (κ3) is 1.78.